The van der Waals surface area contributed by atoms with E-state index in [1.54, 1.807) is 21.2 Å². The van der Waals surface area contributed by atoms with Crippen LogP contribution in [0.15, 0.2) is 23.2 Å². The number of ether oxygens (including phenoxy) is 2. The van der Waals surface area contributed by atoms with Crippen molar-refractivity contribution in [1.82, 2.24) is 10.2 Å². The zero-order chi connectivity index (χ0) is 15.2. The number of aliphatic imine (C=N–C) groups is 1. The Morgan fingerprint density at radius 2 is 2.24 bits per heavy atom. The molecule has 2 rings (SSSR count). The Labute approximate surface area is 124 Å². The molecule has 6 nitrogen and oxygen atoms in total. The Hall–Kier alpha value is -2.24. The van der Waals surface area contributed by atoms with E-state index in [0.717, 1.165) is 30.9 Å². The van der Waals surface area contributed by atoms with Crippen LogP contribution in [0.4, 0.5) is 0 Å². The number of carbonyl (C=O) groups is 1. The van der Waals surface area contributed by atoms with E-state index >= 15 is 0 Å². The Kier molecular flexibility index (Phi) is 5.03. The van der Waals surface area contributed by atoms with Crippen LogP contribution in [0.25, 0.3) is 0 Å². The molecular weight excluding hydrogens is 270 g/mol. The normalized spacial score (nSPS) is 14.0. The van der Waals surface area contributed by atoms with Crippen molar-refractivity contribution in [3.63, 3.8) is 0 Å². The zero-order valence-corrected chi connectivity index (χ0v) is 12.7. The van der Waals surface area contributed by atoms with Crippen molar-refractivity contribution in [2.24, 2.45) is 4.99 Å². The molecular formula is C15H21N3O3. The highest BCUT2D eigenvalue weighted by Gasteiger charge is 2.18. The van der Waals surface area contributed by atoms with Gasteiger partial charge in [0.25, 0.3) is 5.91 Å². The van der Waals surface area contributed by atoms with E-state index < -0.39 is 0 Å². The van der Waals surface area contributed by atoms with E-state index in [1.165, 1.54) is 4.90 Å². The first-order valence-electron chi connectivity index (χ1n) is 6.92. The molecule has 0 saturated carbocycles. The maximum absolute atomic E-state index is 11.7. The predicted octanol–water partition coefficient (Wildman–Crippen LogP) is 0.902. The number of nitrogens with one attached hydrogen (secondary N) is 1. The van der Waals surface area contributed by atoms with Crippen LogP contribution in [-0.4, -0.2) is 57.5 Å². The lowest BCUT2D eigenvalue weighted by molar-refractivity contribution is -0.130. The molecule has 1 aromatic rings. The van der Waals surface area contributed by atoms with Gasteiger partial charge in [-0.1, -0.05) is 6.07 Å². The summed E-state index contributed by atoms with van der Waals surface area (Å²) in [4.78, 5) is 17.7. The SMILES string of the molecule is COc1cccc(C2=NCCCN2)c1OCC(=O)N(C)C. The Morgan fingerprint density at radius 1 is 1.43 bits per heavy atom. The summed E-state index contributed by atoms with van der Waals surface area (Å²) in [5.74, 6) is 1.82. The van der Waals surface area contributed by atoms with Crippen molar-refractivity contribution >= 4 is 11.7 Å². The molecule has 1 aliphatic rings. The summed E-state index contributed by atoms with van der Waals surface area (Å²) in [6.45, 7) is 1.63. The third-order valence-electron chi connectivity index (χ3n) is 3.19. The topological polar surface area (TPSA) is 63.2 Å². The van der Waals surface area contributed by atoms with Crippen LogP contribution >= 0.6 is 0 Å². The molecule has 1 N–H and O–H groups in total. The van der Waals surface area contributed by atoms with Gasteiger partial charge in [0.15, 0.2) is 18.1 Å². The fraction of sp³-hybridized carbons (Fsp3) is 0.467. The largest absolute Gasteiger partial charge is 0.493 e. The van der Waals surface area contributed by atoms with E-state index in [2.05, 4.69) is 10.3 Å². The number of nitrogens with zero attached hydrogens (tertiary/aromatic N) is 2. The van der Waals surface area contributed by atoms with Gasteiger partial charge in [-0.15, -0.1) is 0 Å². The number of benzene rings is 1. The molecule has 0 bridgehead atoms. The highest BCUT2D eigenvalue weighted by molar-refractivity contribution is 6.02. The second-order valence-corrected chi connectivity index (χ2v) is 4.92. The monoisotopic (exact) mass is 291 g/mol. The average Bonchev–Trinajstić information content (AvgIpc) is 2.52. The number of rotatable bonds is 5. The quantitative estimate of drug-likeness (QED) is 0.875. The molecule has 0 fully saturated rings. The van der Waals surface area contributed by atoms with E-state index in [1.807, 2.05) is 18.2 Å². The Balaban J connectivity index is 2.28. The van der Waals surface area contributed by atoms with Crippen molar-refractivity contribution in [1.29, 1.82) is 0 Å². The first-order valence-corrected chi connectivity index (χ1v) is 6.92. The van der Waals surface area contributed by atoms with Crippen LogP contribution < -0.4 is 14.8 Å². The predicted molar refractivity (Wildman–Crippen MR) is 81.2 cm³/mol. The van der Waals surface area contributed by atoms with Gasteiger partial charge in [0.1, 0.15) is 5.84 Å². The highest BCUT2D eigenvalue weighted by atomic mass is 16.5. The summed E-state index contributed by atoms with van der Waals surface area (Å²) >= 11 is 0. The summed E-state index contributed by atoms with van der Waals surface area (Å²) in [5.41, 5.74) is 0.820. The van der Waals surface area contributed by atoms with Crippen LogP contribution in [0.3, 0.4) is 0 Å². The second-order valence-electron chi connectivity index (χ2n) is 4.92. The van der Waals surface area contributed by atoms with Crippen molar-refractivity contribution in [3.05, 3.63) is 23.8 Å². The van der Waals surface area contributed by atoms with Crippen LogP contribution in [0, 0.1) is 0 Å². The van der Waals surface area contributed by atoms with Crippen molar-refractivity contribution in [3.8, 4) is 11.5 Å². The zero-order valence-electron chi connectivity index (χ0n) is 12.7. The number of likely N-dealkylation sites (N-methyl/N-ethyl adjacent to an activating group) is 1. The molecule has 6 heteroatoms. The second kappa shape index (κ2) is 6.97. The standard InChI is InChI=1S/C15H21N3O3/c1-18(2)13(19)10-21-14-11(6-4-7-12(14)20-3)15-16-8-5-9-17-15/h4,6-7H,5,8-10H2,1-3H3,(H,16,17). The van der Waals surface area contributed by atoms with Gasteiger partial charge in [-0.25, -0.2) is 0 Å². The highest BCUT2D eigenvalue weighted by Crippen LogP contribution is 2.31. The number of methoxy groups -OCH3 is 1. The lowest BCUT2D eigenvalue weighted by Gasteiger charge is -2.20. The molecule has 0 atom stereocenters. The number of para-hydroxylation sites is 1. The maximum Gasteiger partial charge on any atom is 0.259 e. The van der Waals surface area contributed by atoms with Crippen molar-refractivity contribution in [2.45, 2.75) is 6.42 Å². The molecule has 1 aliphatic heterocycles. The van der Waals surface area contributed by atoms with E-state index in [0.29, 0.717) is 11.5 Å². The molecule has 1 aromatic carbocycles. The molecule has 114 valence electrons. The first kappa shape index (κ1) is 15.2. The third kappa shape index (κ3) is 3.65. The number of amidine groups is 1. The van der Waals surface area contributed by atoms with Gasteiger partial charge < -0.3 is 19.7 Å². The smallest absolute Gasteiger partial charge is 0.259 e. The van der Waals surface area contributed by atoms with Crippen LogP contribution in [0.5, 0.6) is 11.5 Å². The van der Waals surface area contributed by atoms with Gasteiger partial charge >= 0.3 is 0 Å². The number of amides is 1. The van der Waals surface area contributed by atoms with Crippen molar-refractivity contribution in [2.75, 3.05) is 40.9 Å². The van der Waals surface area contributed by atoms with Crippen LogP contribution in [-0.2, 0) is 4.79 Å². The fourth-order valence-electron chi connectivity index (χ4n) is 1.99. The van der Waals surface area contributed by atoms with Gasteiger partial charge in [-0.3, -0.25) is 9.79 Å². The number of hydrogen-bond acceptors (Lipinski definition) is 5. The van der Waals surface area contributed by atoms with Gasteiger partial charge in [-0.2, -0.15) is 0 Å². The molecule has 21 heavy (non-hydrogen) atoms. The van der Waals surface area contributed by atoms with Crippen LogP contribution in [0.1, 0.15) is 12.0 Å². The Morgan fingerprint density at radius 3 is 2.86 bits per heavy atom. The maximum atomic E-state index is 11.7. The van der Waals surface area contributed by atoms with E-state index in [4.69, 9.17) is 9.47 Å². The molecule has 0 spiro atoms. The number of hydrogen-bond donors (Lipinski definition) is 1. The minimum Gasteiger partial charge on any atom is -0.493 e. The number of carbonyl (C=O) groups excluding carboxylic acids is 1. The summed E-state index contributed by atoms with van der Waals surface area (Å²) in [7, 11) is 4.97. The summed E-state index contributed by atoms with van der Waals surface area (Å²) in [6, 6.07) is 5.60. The van der Waals surface area contributed by atoms with Gasteiger partial charge in [0.05, 0.1) is 12.7 Å². The molecule has 0 unspecified atom stereocenters. The molecule has 1 amide bonds. The average molecular weight is 291 g/mol. The molecule has 0 aliphatic carbocycles. The van der Waals surface area contributed by atoms with Crippen molar-refractivity contribution < 1.29 is 14.3 Å². The summed E-state index contributed by atoms with van der Waals surface area (Å²) in [6.07, 6.45) is 1.02. The Bertz CT molecular complexity index is 541. The van der Waals surface area contributed by atoms with Gasteiger partial charge in [0, 0.05) is 27.2 Å². The minimum absolute atomic E-state index is 0.0341. The third-order valence-corrected chi connectivity index (χ3v) is 3.19. The first-order chi connectivity index (χ1) is 10.1. The van der Waals surface area contributed by atoms with Gasteiger partial charge in [-0.05, 0) is 18.6 Å². The van der Waals surface area contributed by atoms with E-state index in [-0.39, 0.29) is 12.5 Å². The van der Waals surface area contributed by atoms with E-state index in [9.17, 15) is 4.79 Å². The van der Waals surface area contributed by atoms with Gasteiger partial charge in [0.2, 0.25) is 0 Å². The molecule has 0 radical (unpaired) electrons. The lowest BCUT2D eigenvalue weighted by atomic mass is 10.1. The van der Waals surface area contributed by atoms with Crippen LogP contribution in [0.2, 0.25) is 0 Å². The summed E-state index contributed by atoms with van der Waals surface area (Å²) < 4.78 is 11.0. The fourth-order valence-corrected chi connectivity index (χ4v) is 1.99. The molecule has 0 saturated heterocycles. The minimum atomic E-state index is -0.106. The lowest BCUT2D eigenvalue weighted by Crippen LogP contribution is -2.31. The molecule has 1 heterocycles. The summed E-state index contributed by atoms with van der Waals surface area (Å²) in [5, 5.41) is 3.26. The molecule has 0 aromatic heterocycles.